The highest BCUT2D eigenvalue weighted by atomic mass is 15.3. The molecule has 0 aliphatic heterocycles. The van der Waals surface area contributed by atoms with E-state index in [9.17, 15) is 0 Å². The number of rotatable bonds is 13. The van der Waals surface area contributed by atoms with Crippen LogP contribution < -0.4 is 16.0 Å². The number of aryl methyl sites for hydroxylation is 1. The van der Waals surface area contributed by atoms with E-state index in [2.05, 4.69) is 51.5 Å². The van der Waals surface area contributed by atoms with Crippen LogP contribution in [0.4, 0.5) is 11.5 Å². The molecule has 0 fully saturated rings. The summed E-state index contributed by atoms with van der Waals surface area (Å²) in [4.78, 5) is 16.0. The number of nitrogens with two attached hydrogens (primary N) is 1. The van der Waals surface area contributed by atoms with E-state index in [1.54, 1.807) is 16.9 Å². The van der Waals surface area contributed by atoms with Crippen molar-refractivity contribution in [3.05, 3.63) is 90.5 Å². The Bertz CT molecular complexity index is 1390. The van der Waals surface area contributed by atoms with Gasteiger partial charge in [-0.1, -0.05) is 43.7 Å². The van der Waals surface area contributed by atoms with Crippen molar-refractivity contribution in [2.75, 3.05) is 16.8 Å². The van der Waals surface area contributed by atoms with Crippen molar-refractivity contribution in [1.82, 2.24) is 19.7 Å². The zero-order chi connectivity index (χ0) is 28.2. The molecule has 4 rings (SSSR count). The molecule has 0 aliphatic carbocycles. The summed E-state index contributed by atoms with van der Waals surface area (Å²) in [5.74, 6) is 1.28. The van der Waals surface area contributed by atoms with Crippen LogP contribution in [0.2, 0.25) is 0 Å². The third kappa shape index (κ3) is 7.90. The number of hydrogen-bond donors (Lipinski definition) is 2. The van der Waals surface area contributed by atoms with Gasteiger partial charge in [0.15, 0.2) is 5.96 Å². The summed E-state index contributed by atoms with van der Waals surface area (Å²) in [5.41, 5.74) is 11.1. The van der Waals surface area contributed by atoms with Crippen molar-refractivity contribution >= 4 is 17.5 Å². The van der Waals surface area contributed by atoms with Gasteiger partial charge in [0, 0.05) is 37.6 Å². The summed E-state index contributed by atoms with van der Waals surface area (Å²) in [6, 6.07) is 20.1. The standard InChI is InChI=1S/C31H37N9/c1-3-9-27(12-7-8-17-34-30-16-13-25(18-32)20-36-30)40(31(33)37-19-24-10-5-4-6-11-24)28-14-15-29(35-22-28)26-21-38-39(2)23-26/h4-6,10-11,13-16,20-23,27H,3,7-9,12,17,19H2,1-2H3,(H2,33,37)(H,34,36). The molecule has 3 N–H and O–H groups in total. The highest BCUT2D eigenvalue weighted by Gasteiger charge is 2.22. The minimum absolute atomic E-state index is 0.184. The lowest BCUT2D eigenvalue weighted by Gasteiger charge is -2.33. The first-order valence-electron chi connectivity index (χ1n) is 13.8. The lowest BCUT2D eigenvalue weighted by Crippen LogP contribution is -2.45. The minimum atomic E-state index is 0.184. The van der Waals surface area contributed by atoms with Gasteiger partial charge < -0.3 is 16.0 Å². The molecule has 0 amide bonds. The molecule has 3 heterocycles. The van der Waals surface area contributed by atoms with Gasteiger partial charge in [-0.25, -0.2) is 9.98 Å². The Kier molecular flexibility index (Phi) is 10.2. The molecular formula is C31H37N9. The number of hydrogen-bond acceptors (Lipinski definition) is 6. The number of pyridine rings is 2. The van der Waals surface area contributed by atoms with E-state index in [4.69, 9.17) is 21.0 Å². The van der Waals surface area contributed by atoms with E-state index >= 15 is 0 Å². The Morgan fingerprint density at radius 3 is 2.55 bits per heavy atom. The molecular weight excluding hydrogens is 498 g/mol. The zero-order valence-electron chi connectivity index (χ0n) is 23.2. The lowest BCUT2D eigenvalue weighted by atomic mass is 10.0. The topological polar surface area (TPSA) is 121 Å². The van der Waals surface area contributed by atoms with Gasteiger partial charge in [0.25, 0.3) is 0 Å². The number of nitrogens with one attached hydrogen (secondary N) is 1. The van der Waals surface area contributed by atoms with E-state index < -0.39 is 0 Å². The predicted octanol–water partition coefficient (Wildman–Crippen LogP) is 5.52. The molecule has 40 heavy (non-hydrogen) atoms. The number of anilines is 2. The first-order valence-corrected chi connectivity index (χ1v) is 13.8. The van der Waals surface area contributed by atoms with Gasteiger partial charge in [0.2, 0.25) is 0 Å². The highest BCUT2D eigenvalue weighted by molar-refractivity contribution is 5.95. The number of unbranched alkanes of at least 4 members (excludes halogenated alkanes) is 1. The number of guanidine groups is 1. The minimum Gasteiger partial charge on any atom is -0.370 e. The van der Waals surface area contributed by atoms with Crippen LogP contribution in [0, 0.1) is 11.3 Å². The van der Waals surface area contributed by atoms with Gasteiger partial charge in [-0.05, 0) is 55.5 Å². The molecule has 206 valence electrons. The van der Waals surface area contributed by atoms with Crippen LogP contribution in [0.5, 0.6) is 0 Å². The first-order chi connectivity index (χ1) is 19.6. The number of nitrogens with zero attached hydrogens (tertiary/aromatic N) is 7. The average Bonchev–Trinajstić information content (AvgIpc) is 3.43. The zero-order valence-corrected chi connectivity index (χ0v) is 23.2. The number of nitriles is 1. The lowest BCUT2D eigenvalue weighted by molar-refractivity contribution is 0.526. The van der Waals surface area contributed by atoms with Gasteiger partial charge in [0.05, 0.1) is 35.9 Å². The Labute approximate surface area is 236 Å². The summed E-state index contributed by atoms with van der Waals surface area (Å²) in [6.45, 7) is 3.52. The third-order valence-corrected chi connectivity index (χ3v) is 6.69. The second-order valence-corrected chi connectivity index (χ2v) is 9.74. The average molecular weight is 536 g/mol. The molecule has 1 aromatic carbocycles. The van der Waals surface area contributed by atoms with Crippen molar-refractivity contribution in [2.45, 2.75) is 51.6 Å². The van der Waals surface area contributed by atoms with Gasteiger partial charge in [0.1, 0.15) is 11.9 Å². The molecule has 9 heteroatoms. The molecule has 0 saturated carbocycles. The molecule has 0 saturated heterocycles. The Balaban J connectivity index is 1.47. The summed E-state index contributed by atoms with van der Waals surface area (Å²) in [6.07, 6.45) is 12.2. The number of benzene rings is 1. The van der Waals surface area contributed by atoms with Crippen LogP contribution in [-0.4, -0.2) is 38.3 Å². The monoisotopic (exact) mass is 535 g/mol. The SMILES string of the molecule is CCCC(CCCCNc1ccc(C#N)cn1)N(C(N)=NCc1ccccc1)c1ccc(-c2cnn(C)c2)nc1. The van der Waals surface area contributed by atoms with E-state index in [1.165, 1.54) is 0 Å². The number of aliphatic imine (C=N–C) groups is 1. The van der Waals surface area contributed by atoms with E-state index in [0.29, 0.717) is 18.1 Å². The van der Waals surface area contributed by atoms with E-state index in [1.807, 2.05) is 56.0 Å². The second-order valence-electron chi connectivity index (χ2n) is 9.74. The number of aromatic nitrogens is 4. The Morgan fingerprint density at radius 1 is 1.05 bits per heavy atom. The molecule has 0 aliphatic rings. The van der Waals surface area contributed by atoms with Gasteiger partial charge >= 0.3 is 0 Å². The Morgan fingerprint density at radius 2 is 1.90 bits per heavy atom. The maximum atomic E-state index is 8.96. The smallest absolute Gasteiger partial charge is 0.196 e. The van der Waals surface area contributed by atoms with Crippen molar-refractivity contribution in [3.63, 3.8) is 0 Å². The quantitative estimate of drug-likeness (QED) is 0.131. The summed E-state index contributed by atoms with van der Waals surface area (Å²) in [5, 5.41) is 16.6. The molecule has 9 nitrogen and oxygen atoms in total. The predicted molar refractivity (Wildman–Crippen MR) is 161 cm³/mol. The van der Waals surface area contributed by atoms with Crippen molar-refractivity contribution in [3.8, 4) is 17.3 Å². The van der Waals surface area contributed by atoms with E-state index in [0.717, 1.165) is 67.0 Å². The summed E-state index contributed by atoms with van der Waals surface area (Å²) < 4.78 is 1.77. The molecule has 0 spiro atoms. The fraction of sp³-hybridized carbons (Fsp3) is 0.323. The van der Waals surface area contributed by atoms with Crippen molar-refractivity contribution in [1.29, 1.82) is 5.26 Å². The first kappa shape index (κ1) is 28.3. The maximum Gasteiger partial charge on any atom is 0.196 e. The fourth-order valence-corrected chi connectivity index (χ4v) is 4.64. The molecule has 0 radical (unpaired) electrons. The van der Waals surface area contributed by atoms with Crippen LogP contribution in [0.1, 0.15) is 50.2 Å². The summed E-state index contributed by atoms with van der Waals surface area (Å²) >= 11 is 0. The summed E-state index contributed by atoms with van der Waals surface area (Å²) in [7, 11) is 1.90. The van der Waals surface area contributed by atoms with Crippen molar-refractivity contribution < 1.29 is 0 Å². The Hall–Kier alpha value is -4.71. The molecule has 0 bridgehead atoms. The van der Waals surface area contributed by atoms with Crippen molar-refractivity contribution in [2.24, 2.45) is 17.8 Å². The molecule has 1 unspecified atom stereocenters. The molecule has 1 atom stereocenters. The maximum absolute atomic E-state index is 8.96. The largest absolute Gasteiger partial charge is 0.370 e. The van der Waals surface area contributed by atoms with Crippen LogP contribution in [0.25, 0.3) is 11.3 Å². The second kappa shape index (κ2) is 14.4. The molecule has 4 aromatic rings. The van der Waals surface area contributed by atoms with Gasteiger partial charge in [-0.15, -0.1) is 0 Å². The third-order valence-electron chi connectivity index (χ3n) is 6.69. The van der Waals surface area contributed by atoms with Gasteiger partial charge in [-0.3, -0.25) is 9.67 Å². The normalized spacial score (nSPS) is 12.1. The van der Waals surface area contributed by atoms with Gasteiger partial charge in [-0.2, -0.15) is 10.4 Å². The fourth-order valence-electron chi connectivity index (χ4n) is 4.64. The van der Waals surface area contributed by atoms with Crippen LogP contribution in [0.15, 0.2) is 84.4 Å². The van der Waals surface area contributed by atoms with Crippen LogP contribution in [-0.2, 0) is 13.6 Å². The highest BCUT2D eigenvalue weighted by Crippen LogP contribution is 2.25. The van der Waals surface area contributed by atoms with Crippen LogP contribution in [0.3, 0.4) is 0 Å². The molecule has 3 aromatic heterocycles. The van der Waals surface area contributed by atoms with E-state index in [-0.39, 0.29) is 6.04 Å². The van der Waals surface area contributed by atoms with Crippen LogP contribution >= 0.6 is 0 Å².